The maximum absolute atomic E-state index is 12.0. The molecular weight excluding hydrogens is 298 g/mol. The minimum absolute atomic E-state index is 0.0225. The van der Waals surface area contributed by atoms with Gasteiger partial charge in [0.05, 0.1) is 10.8 Å². The number of anilines is 1. The van der Waals surface area contributed by atoms with Crippen molar-refractivity contribution in [3.8, 4) is 0 Å². The standard InChI is InChI=1S/C16H21N3O2S/c1-18(2)9-8-12-4-6-13(7-5-12)17-14(20)10-16-19(3)15(21)11-22-16/h4-7,10H,8-9,11H2,1-3H3,(H,17,20). The van der Waals surface area contributed by atoms with Crippen LogP contribution in [0.15, 0.2) is 35.4 Å². The Kier molecular flexibility index (Phi) is 5.63. The third-order valence-electron chi connectivity index (χ3n) is 3.37. The minimum Gasteiger partial charge on any atom is -0.322 e. The molecule has 1 aliphatic rings. The van der Waals surface area contributed by atoms with E-state index in [0.717, 1.165) is 18.7 Å². The number of carbonyl (C=O) groups excluding carboxylic acids is 2. The number of thioether (sulfide) groups is 1. The van der Waals surface area contributed by atoms with E-state index in [4.69, 9.17) is 0 Å². The van der Waals surface area contributed by atoms with Gasteiger partial charge in [-0.2, -0.15) is 0 Å². The second-order valence-electron chi connectivity index (χ2n) is 5.46. The van der Waals surface area contributed by atoms with Gasteiger partial charge in [-0.25, -0.2) is 0 Å². The van der Waals surface area contributed by atoms with Crippen molar-refractivity contribution >= 4 is 29.3 Å². The van der Waals surface area contributed by atoms with Crippen molar-refractivity contribution < 1.29 is 9.59 Å². The number of nitrogens with one attached hydrogen (secondary N) is 1. The Bertz CT molecular complexity index is 582. The zero-order valence-corrected chi connectivity index (χ0v) is 13.9. The van der Waals surface area contributed by atoms with Crippen LogP contribution in [0.4, 0.5) is 5.69 Å². The minimum atomic E-state index is -0.218. The highest BCUT2D eigenvalue weighted by molar-refractivity contribution is 8.04. The molecule has 22 heavy (non-hydrogen) atoms. The van der Waals surface area contributed by atoms with Gasteiger partial charge in [0.2, 0.25) is 5.91 Å². The summed E-state index contributed by atoms with van der Waals surface area (Å²) in [6, 6.07) is 7.84. The number of likely N-dealkylation sites (N-methyl/N-ethyl adjacent to an activating group) is 1. The van der Waals surface area contributed by atoms with Gasteiger partial charge in [-0.3, -0.25) is 9.59 Å². The van der Waals surface area contributed by atoms with Crippen molar-refractivity contribution in [3.63, 3.8) is 0 Å². The van der Waals surface area contributed by atoms with E-state index in [-0.39, 0.29) is 11.8 Å². The molecule has 2 amide bonds. The molecule has 1 aromatic rings. The molecule has 0 unspecified atom stereocenters. The lowest BCUT2D eigenvalue weighted by molar-refractivity contribution is -0.124. The first-order valence-corrected chi connectivity index (χ1v) is 8.10. The molecule has 0 saturated carbocycles. The molecule has 1 aromatic carbocycles. The normalized spacial score (nSPS) is 16.6. The number of hydrogen-bond donors (Lipinski definition) is 1. The van der Waals surface area contributed by atoms with E-state index < -0.39 is 0 Å². The Morgan fingerprint density at radius 3 is 2.59 bits per heavy atom. The van der Waals surface area contributed by atoms with Crippen molar-refractivity contribution in [1.29, 1.82) is 0 Å². The molecule has 1 aliphatic heterocycles. The first-order valence-electron chi connectivity index (χ1n) is 7.11. The van der Waals surface area contributed by atoms with Crippen LogP contribution >= 0.6 is 11.8 Å². The van der Waals surface area contributed by atoms with E-state index in [2.05, 4.69) is 10.2 Å². The van der Waals surface area contributed by atoms with E-state index in [1.54, 1.807) is 7.05 Å². The number of rotatable bonds is 5. The average molecular weight is 319 g/mol. The second kappa shape index (κ2) is 7.47. The van der Waals surface area contributed by atoms with Gasteiger partial charge >= 0.3 is 0 Å². The molecule has 0 aromatic heterocycles. The molecule has 1 fully saturated rings. The van der Waals surface area contributed by atoms with Crippen molar-refractivity contribution in [2.24, 2.45) is 0 Å². The molecule has 0 bridgehead atoms. The summed E-state index contributed by atoms with van der Waals surface area (Å²) in [5.74, 6) is 0.204. The van der Waals surface area contributed by atoms with E-state index in [9.17, 15) is 9.59 Å². The number of carbonyl (C=O) groups is 2. The Labute approximate surface area is 135 Å². The van der Waals surface area contributed by atoms with Gasteiger partial charge < -0.3 is 15.1 Å². The SMILES string of the molecule is CN(C)CCc1ccc(NC(=O)C=C2SCC(=O)N2C)cc1. The summed E-state index contributed by atoms with van der Waals surface area (Å²) in [7, 11) is 5.77. The van der Waals surface area contributed by atoms with Gasteiger partial charge in [0, 0.05) is 25.4 Å². The van der Waals surface area contributed by atoms with Crippen LogP contribution < -0.4 is 5.32 Å². The zero-order chi connectivity index (χ0) is 16.1. The molecule has 2 rings (SSSR count). The third kappa shape index (κ3) is 4.61. The highest BCUT2D eigenvalue weighted by Crippen LogP contribution is 2.26. The molecule has 6 heteroatoms. The molecule has 1 N–H and O–H groups in total. The van der Waals surface area contributed by atoms with Crippen LogP contribution in [0.25, 0.3) is 0 Å². The summed E-state index contributed by atoms with van der Waals surface area (Å²) in [4.78, 5) is 27.0. The monoisotopic (exact) mass is 319 g/mol. The molecule has 1 heterocycles. The summed E-state index contributed by atoms with van der Waals surface area (Å²) in [5.41, 5.74) is 1.99. The zero-order valence-electron chi connectivity index (χ0n) is 13.1. The van der Waals surface area contributed by atoms with Gasteiger partial charge in [0.25, 0.3) is 5.91 Å². The van der Waals surface area contributed by atoms with Crippen LogP contribution in [0.1, 0.15) is 5.56 Å². The fourth-order valence-electron chi connectivity index (χ4n) is 1.99. The van der Waals surface area contributed by atoms with Crippen molar-refractivity contribution in [3.05, 3.63) is 40.9 Å². The summed E-state index contributed by atoms with van der Waals surface area (Å²) in [6.45, 7) is 0.995. The molecular formula is C16H21N3O2S. The Morgan fingerprint density at radius 1 is 1.36 bits per heavy atom. The van der Waals surface area contributed by atoms with E-state index >= 15 is 0 Å². The summed E-state index contributed by atoms with van der Waals surface area (Å²) >= 11 is 1.38. The lowest BCUT2D eigenvalue weighted by Crippen LogP contribution is -2.20. The van der Waals surface area contributed by atoms with Crippen molar-refractivity contribution in [2.75, 3.05) is 38.8 Å². The highest BCUT2D eigenvalue weighted by atomic mass is 32.2. The number of benzene rings is 1. The van der Waals surface area contributed by atoms with E-state index in [1.165, 1.54) is 28.3 Å². The molecule has 1 saturated heterocycles. The Balaban J connectivity index is 1.92. The largest absolute Gasteiger partial charge is 0.322 e. The van der Waals surface area contributed by atoms with Crippen LogP contribution in [0.2, 0.25) is 0 Å². The maximum Gasteiger partial charge on any atom is 0.251 e. The summed E-state index contributed by atoms with van der Waals surface area (Å²) in [6.07, 6.45) is 2.45. The van der Waals surface area contributed by atoms with Crippen LogP contribution in [0, 0.1) is 0 Å². The van der Waals surface area contributed by atoms with Gasteiger partial charge in [0.15, 0.2) is 0 Å². The Hall–Kier alpha value is -1.79. The van der Waals surface area contributed by atoms with Gasteiger partial charge in [0.1, 0.15) is 0 Å². The van der Waals surface area contributed by atoms with Crippen molar-refractivity contribution in [1.82, 2.24) is 9.80 Å². The van der Waals surface area contributed by atoms with Gasteiger partial charge in [-0.1, -0.05) is 23.9 Å². The van der Waals surface area contributed by atoms with Crippen LogP contribution in [0.5, 0.6) is 0 Å². The molecule has 0 radical (unpaired) electrons. The van der Waals surface area contributed by atoms with Crippen LogP contribution in [-0.4, -0.2) is 55.1 Å². The van der Waals surface area contributed by atoms with Gasteiger partial charge in [-0.05, 0) is 38.2 Å². The van der Waals surface area contributed by atoms with Crippen LogP contribution in [0.3, 0.4) is 0 Å². The van der Waals surface area contributed by atoms with Crippen LogP contribution in [-0.2, 0) is 16.0 Å². The smallest absolute Gasteiger partial charge is 0.251 e. The number of amides is 2. The predicted molar refractivity (Wildman–Crippen MR) is 90.6 cm³/mol. The van der Waals surface area contributed by atoms with E-state index in [0.29, 0.717) is 10.8 Å². The molecule has 0 atom stereocenters. The fraction of sp³-hybridized carbons (Fsp3) is 0.375. The number of hydrogen-bond acceptors (Lipinski definition) is 4. The quantitative estimate of drug-likeness (QED) is 0.841. The van der Waals surface area contributed by atoms with E-state index in [1.807, 2.05) is 38.4 Å². The summed E-state index contributed by atoms with van der Waals surface area (Å²) in [5, 5.41) is 3.50. The fourth-order valence-corrected chi connectivity index (χ4v) is 2.94. The third-order valence-corrected chi connectivity index (χ3v) is 4.45. The number of nitrogens with zero attached hydrogens (tertiary/aromatic N) is 2. The first kappa shape index (κ1) is 16.6. The van der Waals surface area contributed by atoms with Crippen molar-refractivity contribution in [2.45, 2.75) is 6.42 Å². The Morgan fingerprint density at radius 2 is 2.05 bits per heavy atom. The first-order chi connectivity index (χ1) is 10.5. The summed E-state index contributed by atoms with van der Waals surface area (Å²) < 4.78 is 0. The maximum atomic E-state index is 12.0. The second-order valence-corrected chi connectivity index (χ2v) is 6.46. The molecule has 0 aliphatic carbocycles. The lowest BCUT2D eigenvalue weighted by atomic mass is 10.1. The lowest BCUT2D eigenvalue weighted by Gasteiger charge is -2.10. The highest BCUT2D eigenvalue weighted by Gasteiger charge is 2.23. The average Bonchev–Trinajstić information content (AvgIpc) is 2.78. The molecule has 0 spiro atoms. The predicted octanol–water partition coefficient (Wildman–Crippen LogP) is 1.78. The molecule has 118 valence electrons. The topological polar surface area (TPSA) is 52.7 Å². The molecule has 5 nitrogen and oxygen atoms in total. The van der Waals surface area contributed by atoms with Gasteiger partial charge in [-0.15, -0.1) is 0 Å².